The van der Waals surface area contributed by atoms with Crippen LogP contribution >= 0.6 is 7.60 Å². The summed E-state index contributed by atoms with van der Waals surface area (Å²) < 4.78 is 53.1. The third-order valence-corrected chi connectivity index (χ3v) is 7.03. The van der Waals surface area contributed by atoms with Crippen LogP contribution in [0.4, 0.5) is 5.69 Å². The Kier molecular flexibility index (Phi) is 7.54. The van der Waals surface area contributed by atoms with Crippen LogP contribution in [0.5, 0.6) is 5.75 Å². The monoisotopic (exact) mass is 443 g/mol. The molecule has 158 valence electrons. The largest absolute Gasteiger partial charge is 0.424 e. The van der Waals surface area contributed by atoms with Crippen molar-refractivity contribution in [1.82, 2.24) is 0 Å². The van der Waals surface area contributed by atoms with Gasteiger partial charge in [-0.3, -0.25) is 18.8 Å². The molecule has 2 aromatic rings. The summed E-state index contributed by atoms with van der Waals surface area (Å²) in [7, 11) is -7.60. The number of benzene rings is 2. The molecule has 0 N–H and O–H groups in total. The molecule has 9 nitrogen and oxygen atoms in total. The molecule has 2 atom stereocenters. The maximum atomic E-state index is 12.8. The molecule has 2 unspecified atom stereocenters. The molecule has 0 aliphatic rings. The van der Waals surface area contributed by atoms with Gasteiger partial charge >= 0.3 is 7.60 Å². The Labute approximate surface area is 169 Å². The Morgan fingerprint density at radius 3 is 2.21 bits per heavy atom. The summed E-state index contributed by atoms with van der Waals surface area (Å²) in [4.78, 5) is 10.1. The van der Waals surface area contributed by atoms with E-state index in [4.69, 9.17) is 13.2 Å². The highest BCUT2D eigenvalue weighted by Crippen LogP contribution is 2.49. The van der Waals surface area contributed by atoms with E-state index in [9.17, 15) is 23.1 Å². The fourth-order valence-corrected chi connectivity index (χ4v) is 4.56. The van der Waals surface area contributed by atoms with Crippen molar-refractivity contribution in [2.24, 2.45) is 0 Å². The van der Waals surface area contributed by atoms with Crippen molar-refractivity contribution < 1.29 is 31.1 Å². The number of nitro groups is 1. The molecule has 0 aliphatic carbocycles. The zero-order valence-electron chi connectivity index (χ0n) is 16.2. The van der Waals surface area contributed by atoms with Gasteiger partial charge in [0.05, 0.1) is 28.7 Å². The molecule has 2 aromatic carbocycles. The van der Waals surface area contributed by atoms with Gasteiger partial charge in [0, 0.05) is 12.1 Å². The number of aryl methyl sites for hydroxylation is 1. The Balaban J connectivity index is 1.99. The number of hydrogen-bond donors (Lipinski definition) is 0. The van der Waals surface area contributed by atoms with Gasteiger partial charge < -0.3 is 4.52 Å². The Morgan fingerprint density at radius 2 is 1.69 bits per heavy atom. The van der Waals surface area contributed by atoms with Crippen LogP contribution in [0.1, 0.15) is 19.4 Å². The molecule has 29 heavy (non-hydrogen) atoms. The SMILES string of the molecule is CCP(=O)(Oc1ccc([N+](=O)[O-])cc1)OC(C)COS(=O)(=O)c1ccc(C)cc1. The second kappa shape index (κ2) is 9.49. The molecule has 0 amide bonds. The average molecular weight is 443 g/mol. The molecular formula is C18H22NO8PS. The number of hydrogen-bond acceptors (Lipinski definition) is 8. The summed E-state index contributed by atoms with van der Waals surface area (Å²) >= 11 is 0. The first kappa shape index (κ1) is 23.0. The van der Waals surface area contributed by atoms with Crippen molar-refractivity contribution in [1.29, 1.82) is 0 Å². The van der Waals surface area contributed by atoms with Gasteiger partial charge in [-0.25, -0.2) is 4.57 Å². The van der Waals surface area contributed by atoms with Crippen LogP contribution in [0.3, 0.4) is 0 Å². The van der Waals surface area contributed by atoms with E-state index < -0.39 is 28.7 Å². The topological polar surface area (TPSA) is 122 Å². The van der Waals surface area contributed by atoms with Gasteiger partial charge in [0.15, 0.2) is 0 Å². The summed E-state index contributed by atoms with van der Waals surface area (Å²) in [5.74, 6) is 0.140. The zero-order valence-corrected chi connectivity index (χ0v) is 17.9. The predicted molar refractivity (Wildman–Crippen MR) is 107 cm³/mol. The van der Waals surface area contributed by atoms with E-state index in [1.54, 1.807) is 19.1 Å². The fourth-order valence-electron chi connectivity index (χ4n) is 2.21. The van der Waals surface area contributed by atoms with Crippen molar-refractivity contribution in [3.63, 3.8) is 0 Å². The minimum Gasteiger partial charge on any atom is -0.424 e. The fraction of sp³-hybridized carbons (Fsp3) is 0.333. The number of non-ortho nitro benzene ring substituents is 1. The first-order valence-electron chi connectivity index (χ1n) is 8.72. The van der Waals surface area contributed by atoms with Crippen LogP contribution in [-0.2, 0) is 23.4 Å². The van der Waals surface area contributed by atoms with Crippen LogP contribution in [-0.4, -0.2) is 32.2 Å². The van der Waals surface area contributed by atoms with Crippen molar-refractivity contribution >= 4 is 23.4 Å². The average Bonchev–Trinajstić information content (AvgIpc) is 2.67. The summed E-state index contributed by atoms with van der Waals surface area (Å²) in [5, 5.41) is 10.7. The first-order chi connectivity index (χ1) is 13.5. The molecule has 0 saturated heterocycles. The lowest BCUT2D eigenvalue weighted by molar-refractivity contribution is -0.384. The Hall–Kier alpha value is -2.26. The van der Waals surface area contributed by atoms with Gasteiger partial charge in [-0.1, -0.05) is 24.6 Å². The normalized spacial score (nSPS) is 14.7. The highest BCUT2D eigenvalue weighted by atomic mass is 32.2. The summed E-state index contributed by atoms with van der Waals surface area (Å²) in [6, 6.07) is 11.2. The highest BCUT2D eigenvalue weighted by molar-refractivity contribution is 7.86. The van der Waals surface area contributed by atoms with Gasteiger partial charge in [-0.05, 0) is 38.1 Å². The van der Waals surface area contributed by atoms with Crippen molar-refractivity contribution in [3.8, 4) is 5.75 Å². The van der Waals surface area contributed by atoms with Gasteiger partial charge in [-0.2, -0.15) is 8.42 Å². The van der Waals surface area contributed by atoms with Crippen LogP contribution in [0.15, 0.2) is 53.4 Å². The van der Waals surface area contributed by atoms with Crippen LogP contribution in [0.2, 0.25) is 0 Å². The molecule has 0 radical (unpaired) electrons. The minimum absolute atomic E-state index is 0.0103. The van der Waals surface area contributed by atoms with E-state index >= 15 is 0 Å². The zero-order chi connectivity index (χ0) is 21.7. The van der Waals surface area contributed by atoms with Crippen LogP contribution < -0.4 is 4.52 Å². The second-order valence-electron chi connectivity index (χ2n) is 6.24. The van der Waals surface area contributed by atoms with Crippen LogP contribution in [0, 0.1) is 17.0 Å². The lowest BCUT2D eigenvalue weighted by atomic mass is 10.2. The molecule has 0 spiro atoms. The summed E-state index contributed by atoms with van der Waals surface area (Å²) in [5.41, 5.74) is 0.778. The third-order valence-electron chi connectivity index (χ3n) is 3.79. The predicted octanol–water partition coefficient (Wildman–Crippen LogP) is 4.31. The molecule has 11 heteroatoms. The standard InChI is InChI=1S/C18H22NO8PS/c1-4-28(22,27-17-9-7-16(8-10-17)19(20)21)26-15(3)13-25-29(23,24)18-11-5-14(2)6-12-18/h5-12,15H,4,13H2,1-3H3. The van der Waals surface area contributed by atoms with E-state index in [0.717, 1.165) is 5.56 Å². The number of rotatable bonds is 10. The molecule has 0 fully saturated rings. The van der Waals surface area contributed by atoms with Gasteiger partial charge in [0.25, 0.3) is 15.8 Å². The summed E-state index contributed by atoms with van der Waals surface area (Å²) in [6.07, 6.45) is -0.835. The maximum Gasteiger partial charge on any atom is 0.379 e. The van der Waals surface area contributed by atoms with Crippen molar-refractivity contribution in [2.45, 2.75) is 31.8 Å². The molecule has 0 bridgehead atoms. The van der Waals surface area contributed by atoms with E-state index in [1.807, 2.05) is 6.92 Å². The Bertz CT molecular complexity index is 990. The lowest BCUT2D eigenvalue weighted by Crippen LogP contribution is -2.20. The molecule has 0 heterocycles. The quantitative estimate of drug-likeness (QED) is 0.230. The molecule has 0 aromatic heterocycles. The second-order valence-corrected chi connectivity index (χ2v) is 10.1. The smallest absolute Gasteiger partial charge is 0.379 e. The first-order valence-corrected chi connectivity index (χ1v) is 11.9. The van der Waals surface area contributed by atoms with E-state index in [-0.39, 0.29) is 29.1 Å². The van der Waals surface area contributed by atoms with E-state index in [1.165, 1.54) is 43.3 Å². The molecule has 0 saturated carbocycles. The van der Waals surface area contributed by atoms with Crippen molar-refractivity contribution in [3.05, 3.63) is 64.2 Å². The number of nitro benzene ring substituents is 1. The molecular weight excluding hydrogens is 421 g/mol. The summed E-state index contributed by atoms with van der Waals surface area (Å²) in [6.45, 7) is 4.57. The third kappa shape index (κ3) is 6.64. The van der Waals surface area contributed by atoms with Crippen molar-refractivity contribution in [2.75, 3.05) is 12.8 Å². The molecule has 2 rings (SSSR count). The van der Waals surface area contributed by atoms with Gasteiger partial charge in [-0.15, -0.1) is 0 Å². The number of nitrogens with zero attached hydrogens (tertiary/aromatic N) is 1. The maximum absolute atomic E-state index is 12.8. The van der Waals surface area contributed by atoms with Crippen LogP contribution in [0.25, 0.3) is 0 Å². The Morgan fingerprint density at radius 1 is 1.10 bits per heavy atom. The highest BCUT2D eigenvalue weighted by Gasteiger charge is 2.28. The lowest BCUT2D eigenvalue weighted by Gasteiger charge is -2.22. The minimum atomic E-state index is -3.98. The van der Waals surface area contributed by atoms with E-state index in [0.29, 0.717) is 0 Å². The molecule has 0 aliphatic heterocycles. The van der Waals surface area contributed by atoms with Gasteiger partial charge in [0.2, 0.25) is 0 Å². The van der Waals surface area contributed by atoms with E-state index in [2.05, 4.69) is 0 Å². The van der Waals surface area contributed by atoms with Gasteiger partial charge in [0.1, 0.15) is 5.75 Å².